The number of benzene rings is 1. The smallest absolute Gasteiger partial charge is 0.307 e. The number of halogens is 1. The number of methoxy groups -OCH3 is 1. The molecule has 0 aromatic heterocycles. The van der Waals surface area contributed by atoms with Crippen molar-refractivity contribution in [1.29, 1.82) is 0 Å². The van der Waals surface area contributed by atoms with Gasteiger partial charge in [0.05, 0.1) is 23.8 Å². The number of ether oxygens (including phenoxy) is 1. The topological polar surface area (TPSA) is 111 Å². The van der Waals surface area contributed by atoms with Gasteiger partial charge < -0.3 is 20.7 Å². The monoisotopic (exact) mass is 316 g/mol. The van der Waals surface area contributed by atoms with Crippen LogP contribution in [-0.2, 0) is 4.79 Å². The molecule has 22 heavy (non-hydrogen) atoms. The van der Waals surface area contributed by atoms with Crippen molar-refractivity contribution < 1.29 is 18.8 Å². The lowest BCUT2D eigenvalue weighted by Crippen LogP contribution is -2.39. The molecule has 124 valence electrons. The lowest BCUT2D eigenvalue weighted by atomic mass is 10.2. The number of nitrogens with two attached hydrogens (primary N) is 1. The molecule has 0 aliphatic heterocycles. The second-order valence-electron chi connectivity index (χ2n) is 4.55. The maximum atomic E-state index is 12.9. The third kappa shape index (κ3) is 5.52. The Morgan fingerprint density at radius 3 is 2.36 bits per heavy atom. The van der Waals surface area contributed by atoms with Crippen LogP contribution in [0.25, 0.3) is 0 Å². The summed E-state index contributed by atoms with van der Waals surface area (Å²) in [5, 5.41) is 13.1. The van der Waals surface area contributed by atoms with Crippen molar-refractivity contribution in [2.75, 3.05) is 34.0 Å². The molecule has 0 aliphatic carbocycles. The molecule has 1 aromatic carbocycles. The Labute approximate surface area is 128 Å². The Kier molecular flexibility index (Phi) is 7.81. The highest BCUT2D eigenvalue weighted by atomic mass is 19.1. The number of likely N-dealkylation sites (N-methyl/N-ethyl adjacent to an activating group) is 2. The first-order chi connectivity index (χ1) is 10.1. The number of hydrogen-bond acceptors (Lipinski definition) is 6. The highest BCUT2D eigenvalue weighted by molar-refractivity contribution is 5.80. The van der Waals surface area contributed by atoms with Gasteiger partial charge in [0.25, 0.3) is 0 Å². The summed E-state index contributed by atoms with van der Waals surface area (Å²) >= 11 is 0. The van der Waals surface area contributed by atoms with Crippen LogP contribution in [0.4, 0.5) is 15.8 Å². The predicted octanol–water partition coefficient (Wildman–Crippen LogP) is 1.01. The van der Waals surface area contributed by atoms with E-state index in [4.69, 9.17) is 5.73 Å². The van der Waals surface area contributed by atoms with Gasteiger partial charge in [-0.2, -0.15) is 4.39 Å². The highest BCUT2D eigenvalue weighted by Gasteiger charge is 2.17. The summed E-state index contributed by atoms with van der Waals surface area (Å²) in [5.74, 6) is -0.767. The Morgan fingerprint density at radius 2 is 2.05 bits per heavy atom. The number of anilines is 1. The number of carbonyl (C=O) groups is 1. The molecular formula is C13H21FN4O4. The Hall–Kier alpha value is -2.42. The van der Waals surface area contributed by atoms with E-state index in [1.54, 1.807) is 26.0 Å². The minimum Gasteiger partial charge on any atom is -0.494 e. The van der Waals surface area contributed by atoms with Crippen molar-refractivity contribution in [3.63, 3.8) is 0 Å². The zero-order valence-corrected chi connectivity index (χ0v) is 13.2. The number of amides is 1. The predicted molar refractivity (Wildman–Crippen MR) is 81.2 cm³/mol. The average molecular weight is 316 g/mol. The van der Waals surface area contributed by atoms with E-state index in [9.17, 15) is 19.3 Å². The van der Waals surface area contributed by atoms with Crippen molar-refractivity contribution >= 4 is 17.3 Å². The van der Waals surface area contributed by atoms with Crippen LogP contribution >= 0.6 is 0 Å². The van der Waals surface area contributed by atoms with E-state index < -0.39 is 16.4 Å². The third-order valence-electron chi connectivity index (χ3n) is 2.74. The van der Waals surface area contributed by atoms with Crippen LogP contribution in [0.5, 0.6) is 5.75 Å². The standard InChI is InChI=1S/C7H7FN2O3.C6H14N2O/c1-13-7-2-4(8)6(10(11)12)3-5(7)9;1-5(7-2)6(9)8(3)4/h2-3H,9H2,1H3;5,7H,1-4H3. The Bertz CT molecular complexity index is 537. The molecule has 9 heteroatoms. The maximum absolute atomic E-state index is 12.9. The third-order valence-corrected chi connectivity index (χ3v) is 2.74. The van der Waals surface area contributed by atoms with Crippen LogP contribution in [0.2, 0.25) is 0 Å². The van der Waals surface area contributed by atoms with Gasteiger partial charge in [-0.15, -0.1) is 0 Å². The van der Waals surface area contributed by atoms with Gasteiger partial charge >= 0.3 is 5.69 Å². The second kappa shape index (κ2) is 8.78. The van der Waals surface area contributed by atoms with E-state index in [2.05, 4.69) is 10.1 Å². The zero-order valence-electron chi connectivity index (χ0n) is 13.2. The molecular weight excluding hydrogens is 295 g/mol. The molecule has 0 spiro atoms. The molecule has 0 heterocycles. The number of nitro groups is 1. The molecule has 0 saturated heterocycles. The lowest BCUT2D eigenvalue weighted by molar-refractivity contribution is -0.387. The van der Waals surface area contributed by atoms with Gasteiger partial charge in [-0.3, -0.25) is 14.9 Å². The van der Waals surface area contributed by atoms with Crippen molar-refractivity contribution in [2.45, 2.75) is 13.0 Å². The van der Waals surface area contributed by atoms with Crippen molar-refractivity contribution in [2.24, 2.45) is 0 Å². The van der Waals surface area contributed by atoms with Gasteiger partial charge in [0.2, 0.25) is 11.7 Å². The van der Waals surface area contributed by atoms with Crippen LogP contribution in [0.1, 0.15) is 6.92 Å². The van der Waals surface area contributed by atoms with Crippen LogP contribution in [0.15, 0.2) is 12.1 Å². The summed E-state index contributed by atoms with van der Waals surface area (Å²) in [5.41, 5.74) is 4.73. The van der Waals surface area contributed by atoms with Crippen molar-refractivity contribution in [3.8, 4) is 5.75 Å². The minimum absolute atomic E-state index is 0.0376. The van der Waals surface area contributed by atoms with Crippen molar-refractivity contribution in [1.82, 2.24) is 10.2 Å². The van der Waals surface area contributed by atoms with Gasteiger partial charge in [0, 0.05) is 26.2 Å². The summed E-state index contributed by atoms with van der Waals surface area (Å²) in [6, 6.07) is 1.74. The fourth-order valence-corrected chi connectivity index (χ4v) is 1.39. The van der Waals surface area contributed by atoms with E-state index in [0.717, 1.165) is 12.1 Å². The van der Waals surface area contributed by atoms with E-state index in [-0.39, 0.29) is 23.4 Å². The van der Waals surface area contributed by atoms with Gasteiger partial charge in [0.15, 0.2) is 0 Å². The highest BCUT2D eigenvalue weighted by Crippen LogP contribution is 2.28. The van der Waals surface area contributed by atoms with Gasteiger partial charge in [-0.05, 0) is 14.0 Å². The average Bonchev–Trinajstić information content (AvgIpc) is 2.47. The number of nitro benzene ring substituents is 1. The molecule has 1 atom stereocenters. The first kappa shape index (κ1) is 19.6. The van der Waals surface area contributed by atoms with Crippen LogP contribution < -0.4 is 15.8 Å². The quantitative estimate of drug-likeness (QED) is 0.487. The van der Waals surface area contributed by atoms with Gasteiger partial charge in [-0.25, -0.2) is 0 Å². The van der Waals surface area contributed by atoms with E-state index >= 15 is 0 Å². The number of hydrogen-bond donors (Lipinski definition) is 2. The molecule has 1 amide bonds. The summed E-state index contributed by atoms with van der Waals surface area (Å²) in [6.45, 7) is 1.84. The molecule has 1 aromatic rings. The molecule has 8 nitrogen and oxygen atoms in total. The maximum Gasteiger partial charge on any atom is 0.307 e. The van der Waals surface area contributed by atoms with E-state index in [1.165, 1.54) is 7.11 Å². The van der Waals surface area contributed by atoms with Crippen LogP contribution in [-0.4, -0.2) is 50.0 Å². The molecule has 0 bridgehead atoms. The Morgan fingerprint density at radius 1 is 1.50 bits per heavy atom. The SMILES string of the molecule is CNC(C)C(=O)N(C)C.COc1cc(F)c([N+](=O)[O-])cc1N. The molecule has 0 fully saturated rings. The zero-order chi connectivity index (χ0) is 17.4. The Balaban J connectivity index is 0.000000433. The van der Waals surface area contributed by atoms with E-state index in [0.29, 0.717) is 0 Å². The lowest BCUT2D eigenvalue weighted by Gasteiger charge is -2.15. The molecule has 0 radical (unpaired) electrons. The first-order valence-corrected chi connectivity index (χ1v) is 6.31. The minimum atomic E-state index is -0.962. The molecule has 1 unspecified atom stereocenters. The van der Waals surface area contributed by atoms with Crippen LogP contribution in [0.3, 0.4) is 0 Å². The summed E-state index contributed by atoms with van der Waals surface area (Å²) in [7, 11) is 6.56. The summed E-state index contributed by atoms with van der Waals surface area (Å²) in [4.78, 5) is 21.9. The summed E-state index contributed by atoms with van der Waals surface area (Å²) < 4.78 is 17.6. The molecule has 0 aliphatic rings. The second-order valence-corrected chi connectivity index (χ2v) is 4.55. The first-order valence-electron chi connectivity index (χ1n) is 6.31. The molecule has 1 rings (SSSR count). The normalized spacial score (nSPS) is 11.0. The van der Waals surface area contributed by atoms with E-state index in [1.807, 2.05) is 6.92 Å². The number of nitrogens with one attached hydrogen (secondary N) is 1. The largest absolute Gasteiger partial charge is 0.494 e. The number of nitrogen functional groups attached to an aromatic ring is 1. The fourth-order valence-electron chi connectivity index (χ4n) is 1.39. The van der Waals surface area contributed by atoms with Crippen molar-refractivity contribution in [3.05, 3.63) is 28.1 Å². The molecule has 0 saturated carbocycles. The summed E-state index contributed by atoms with van der Waals surface area (Å²) in [6.07, 6.45) is 0. The number of nitrogens with zero attached hydrogens (tertiary/aromatic N) is 2. The number of rotatable bonds is 4. The molecule has 3 N–H and O–H groups in total. The van der Waals surface area contributed by atoms with Gasteiger partial charge in [-0.1, -0.05) is 0 Å². The number of carbonyl (C=O) groups excluding carboxylic acids is 1. The van der Waals surface area contributed by atoms with Gasteiger partial charge in [0.1, 0.15) is 5.75 Å². The fraction of sp³-hybridized carbons (Fsp3) is 0.462. The van der Waals surface area contributed by atoms with Crippen LogP contribution in [0, 0.1) is 15.9 Å².